The molecule has 2 heterocycles. The third-order valence-electron chi connectivity index (χ3n) is 9.48. The number of ether oxygens (including phenoxy) is 1. The van der Waals surface area contributed by atoms with Crippen molar-refractivity contribution in [2.75, 3.05) is 13.1 Å². The maximum atomic E-state index is 11.0. The lowest BCUT2D eigenvalue weighted by atomic mass is 9.86. The second-order valence-corrected chi connectivity index (χ2v) is 22.0. The molecule has 0 aliphatic rings. The van der Waals surface area contributed by atoms with E-state index >= 15 is 0 Å². The molecule has 0 fully saturated rings. The maximum absolute atomic E-state index is 11.0. The fraction of sp³-hybridized carbons (Fsp3) is 0.583. The lowest BCUT2D eigenvalue weighted by molar-refractivity contribution is 0.0521. The molecular formula is C60H95ClN2O5. The highest BCUT2D eigenvalue weighted by atomic mass is 35.5. The molecule has 0 atom stereocenters. The Morgan fingerprint density at radius 2 is 1.12 bits per heavy atom. The molecule has 7 nitrogen and oxygen atoms in total. The van der Waals surface area contributed by atoms with Gasteiger partial charge < -0.3 is 24.1 Å². The van der Waals surface area contributed by atoms with Crippen LogP contribution in [-0.2, 0) is 4.74 Å². The first-order valence-corrected chi connectivity index (χ1v) is 25.3. The summed E-state index contributed by atoms with van der Waals surface area (Å²) in [6, 6.07) is 23.4. The summed E-state index contributed by atoms with van der Waals surface area (Å²) >= 11 is 5.80. The average molecular weight is 960 g/mol. The van der Waals surface area contributed by atoms with Crippen LogP contribution in [0.4, 0.5) is 4.79 Å². The average Bonchev–Trinajstić information content (AvgIpc) is 3.90. The first-order chi connectivity index (χ1) is 31.5. The zero-order valence-corrected chi connectivity index (χ0v) is 47.2. The van der Waals surface area contributed by atoms with Crippen molar-refractivity contribution in [2.45, 2.75) is 182 Å². The third kappa shape index (κ3) is 37.6. The Hall–Kier alpha value is -4.40. The number of carbonyl (C=O) groups is 1. The largest absolute Gasteiger partial charge is 0.452 e. The van der Waals surface area contributed by atoms with Gasteiger partial charge in [-0.25, -0.2) is 10.3 Å². The van der Waals surface area contributed by atoms with E-state index in [0.717, 1.165) is 51.2 Å². The predicted octanol–water partition coefficient (Wildman–Crippen LogP) is 17.5. The summed E-state index contributed by atoms with van der Waals surface area (Å²) in [5.41, 5.74) is 5.36. The van der Waals surface area contributed by atoms with Gasteiger partial charge in [-0.15, -0.1) is 0 Å². The van der Waals surface area contributed by atoms with Gasteiger partial charge in [-0.1, -0.05) is 166 Å². The summed E-state index contributed by atoms with van der Waals surface area (Å²) in [7, 11) is 0. The van der Waals surface area contributed by atoms with E-state index in [9.17, 15) is 4.79 Å². The van der Waals surface area contributed by atoms with Gasteiger partial charge in [-0.2, -0.15) is 0 Å². The zero-order valence-electron chi connectivity index (χ0n) is 46.5. The molecule has 0 unspecified atom stereocenters. The fourth-order valence-electron chi connectivity index (χ4n) is 6.22. The van der Waals surface area contributed by atoms with Gasteiger partial charge in [0.1, 0.15) is 17.1 Å². The highest BCUT2D eigenvalue weighted by Crippen LogP contribution is 2.23. The van der Waals surface area contributed by atoms with Crippen LogP contribution in [0.25, 0.3) is 0 Å². The van der Waals surface area contributed by atoms with Crippen molar-refractivity contribution in [1.82, 2.24) is 10.8 Å². The molecule has 4 rings (SSSR count). The highest BCUT2D eigenvalue weighted by molar-refractivity contribution is 6.30. The lowest BCUT2D eigenvalue weighted by Crippen LogP contribution is -2.34. The van der Waals surface area contributed by atoms with Crippen LogP contribution < -0.4 is 10.8 Å². The van der Waals surface area contributed by atoms with E-state index in [0.29, 0.717) is 47.9 Å². The SMILES string of the molecule is CC(C)CC(C)(C)C.CC(C)CNC(=O)OC(C)(C)C.CC(C)CNO.CC(C)c1ccc(C#Cc2ccc(Cl)cc2)o1.CCC(CC)C(C)C.Cc1cccc(C#Cc2ccc(C(C)C)o2)c1. The standard InChI is InChI=1S/C16H16O.C15H13ClO.C9H19NO2.2C8H18.C4H11NO/c1-12(2)16-10-9-15(17-16)8-7-14-6-4-5-13(3)11-14;1-11(2)15-10-9-14(17-15)8-5-12-3-6-13(16)7-4-12;1-7(2)6-10-8(11)12-9(3,4)5;1-7(2)6-8(3,4)5;1-5-8(6-2)7(3)4;1-4(2)3-5-6/h4-6,9-12H,1-3H3;3-4,6-7,9-11H,1-2H3;7H,6H2,1-5H3,(H,10,11);7H,6H2,1-5H3;7-8H,5-6H2,1-4H3;4-6H,3H2,1-2H3. The van der Waals surface area contributed by atoms with Crippen LogP contribution >= 0.6 is 11.6 Å². The topological polar surface area (TPSA) is 96.9 Å². The number of furan rings is 2. The van der Waals surface area contributed by atoms with E-state index in [1.165, 1.54) is 24.8 Å². The van der Waals surface area contributed by atoms with Crippen molar-refractivity contribution in [3.63, 3.8) is 0 Å². The Morgan fingerprint density at radius 3 is 1.41 bits per heavy atom. The second-order valence-electron chi connectivity index (χ2n) is 21.6. The van der Waals surface area contributed by atoms with E-state index in [4.69, 9.17) is 30.4 Å². The van der Waals surface area contributed by atoms with Gasteiger partial charge in [0.2, 0.25) is 0 Å². The molecule has 8 heteroatoms. The molecule has 0 radical (unpaired) electrons. The molecule has 68 heavy (non-hydrogen) atoms. The number of carbonyl (C=O) groups excluding carboxylic acids is 1. The summed E-state index contributed by atoms with van der Waals surface area (Å²) in [5.74, 6) is 20.0. The third-order valence-corrected chi connectivity index (χ3v) is 9.73. The van der Waals surface area contributed by atoms with Gasteiger partial charge >= 0.3 is 6.09 Å². The van der Waals surface area contributed by atoms with Gasteiger partial charge in [0.25, 0.3) is 0 Å². The van der Waals surface area contributed by atoms with Crippen molar-refractivity contribution in [1.29, 1.82) is 0 Å². The highest BCUT2D eigenvalue weighted by Gasteiger charge is 2.16. The zero-order chi connectivity index (χ0) is 52.6. The summed E-state index contributed by atoms with van der Waals surface area (Å²) in [6.07, 6.45) is 3.67. The number of hydroxylamine groups is 1. The lowest BCUT2D eigenvalue weighted by Gasteiger charge is -2.20. The van der Waals surface area contributed by atoms with Crippen LogP contribution in [0, 0.1) is 65.6 Å². The van der Waals surface area contributed by atoms with Crippen molar-refractivity contribution in [3.8, 4) is 23.7 Å². The Balaban J connectivity index is 0. The molecule has 0 aliphatic heterocycles. The molecule has 382 valence electrons. The predicted molar refractivity (Wildman–Crippen MR) is 292 cm³/mol. The van der Waals surface area contributed by atoms with Crippen LogP contribution in [0.1, 0.15) is 209 Å². The monoisotopic (exact) mass is 959 g/mol. The van der Waals surface area contributed by atoms with Crippen molar-refractivity contribution in [2.24, 2.45) is 35.0 Å². The summed E-state index contributed by atoms with van der Waals surface area (Å²) in [6.45, 7) is 46.0. The molecule has 0 spiro atoms. The van der Waals surface area contributed by atoms with Gasteiger partial charge in [0.05, 0.1) is 0 Å². The number of aryl methyl sites for hydroxylation is 1. The number of amides is 1. The van der Waals surface area contributed by atoms with Crippen LogP contribution in [0.15, 0.2) is 81.6 Å². The quantitative estimate of drug-likeness (QED) is 0.108. The van der Waals surface area contributed by atoms with Crippen molar-refractivity contribution in [3.05, 3.63) is 118 Å². The van der Waals surface area contributed by atoms with E-state index in [1.807, 2.05) is 109 Å². The molecule has 0 saturated heterocycles. The van der Waals surface area contributed by atoms with Gasteiger partial charge in [-0.3, -0.25) is 0 Å². The number of alkyl carbamates (subject to hydrolysis) is 1. The molecule has 1 amide bonds. The van der Waals surface area contributed by atoms with Crippen LogP contribution in [-0.4, -0.2) is 30.0 Å². The summed E-state index contributed by atoms with van der Waals surface area (Å²) in [4.78, 5) is 11.0. The number of halogens is 1. The van der Waals surface area contributed by atoms with E-state index < -0.39 is 5.60 Å². The molecule has 3 N–H and O–H groups in total. The number of hydrogen-bond donors (Lipinski definition) is 3. The van der Waals surface area contributed by atoms with Crippen molar-refractivity contribution < 1.29 is 23.6 Å². The number of rotatable bonds is 10. The molecule has 4 aromatic rings. The second kappa shape index (κ2) is 35.7. The smallest absolute Gasteiger partial charge is 0.407 e. The normalized spacial score (nSPS) is 10.8. The molecule has 0 bridgehead atoms. The van der Waals surface area contributed by atoms with Crippen molar-refractivity contribution >= 4 is 17.7 Å². The molecular weight excluding hydrogens is 864 g/mol. The van der Waals surface area contributed by atoms with Crippen LogP contribution in [0.5, 0.6) is 0 Å². The van der Waals surface area contributed by atoms with E-state index in [1.54, 1.807) is 0 Å². The first-order valence-electron chi connectivity index (χ1n) is 24.9. The Bertz CT molecular complexity index is 2010. The van der Waals surface area contributed by atoms with Gasteiger partial charge in [-0.05, 0) is 147 Å². The van der Waals surface area contributed by atoms with Gasteiger partial charge in [0.15, 0.2) is 11.5 Å². The maximum Gasteiger partial charge on any atom is 0.407 e. The van der Waals surface area contributed by atoms with E-state index in [2.05, 4.69) is 144 Å². The van der Waals surface area contributed by atoms with Crippen LogP contribution in [0.2, 0.25) is 5.02 Å². The minimum atomic E-state index is -0.402. The molecule has 2 aromatic heterocycles. The van der Waals surface area contributed by atoms with Gasteiger partial charge in [0, 0.05) is 41.1 Å². The number of nitrogens with one attached hydrogen (secondary N) is 2. The molecule has 0 saturated carbocycles. The minimum absolute atomic E-state index is 0.337. The summed E-state index contributed by atoms with van der Waals surface area (Å²) in [5, 5.41) is 11.4. The Morgan fingerprint density at radius 1 is 0.647 bits per heavy atom. The number of hydrogen-bond acceptors (Lipinski definition) is 6. The minimum Gasteiger partial charge on any atom is -0.452 e. The fourth-order valence-corrected chi connectivity index (χ4v) is 6.35. The van der Waals surface area contributed by atoms with E-state index in [-0.39, 0.29) is 6.09 Å². The van der Waals surface area contributed by atoms with Crippen LogP contribution in [0.3, 0.4) is 0 Å². The summed E-state index contributed by atoms with van der Waals surface area (Å²) < 4.78 is 16.3. The number of benzene rings is 2. The molecule has 0 aliphatic carbocycles. The Kier molecular flexibility index (Phi) is 34.5. The first kappa shape index (κ1) is 65.7. The Labute approximate surface area is 421 Å². The molecule has 2 aromatic carbocycles.